The van der Waals surface area contributed by atoms with Crippen LogP contribution >= 0.6 is 11.8 Å². The van der Waals surface area contributed by atoms with Crippen LogP contribution in [-0.2, 0) is 9.59 Å². The molecule has 1 atom stereocenters. The summed E-state index contributed by atoms with van der Waals surface area (Å²) in [5.41, 5.74) is 1.22. The van der Waals surface area contributed by atoms with Gasteiger partial charge in [0.1, 0.15) is 0 Å². The smallest absolute Gasteiger partial charge is 0.321 e. The minimum absolute atomic E-state index is 0.192. The molecular weight excluding hydrogens is 346 g/mol. The van der Waals surface area contributed by atoms with Crippen molar-refractivity contribution in [1.82, 2.24) is 30.8 Å². The van der Waals surface area contributed by atoms with Crippen molar-refractivity contribution in [2.75, 3.05) is 12.4 Å². The molecular formula is C14H17N7O3S. The fourth-order valence-corrected chi connectivity index (χ4v) is 2.63. The first-order valence-electron chi connectivity index (χ1n) is 7.26. The normalized spacial score (nSPS) is 11.5. The average molecular weight is 363 g/mol. The van der Waals surface area contributed by atoms with Crippen LogP contribution in [-0.4, -0.2) is 50.4 Å². The van der Waals surface area contributed by atoms with Crippen LogP contribution in [0.2, 0.25) is 0 Å². The molecule has 2 rings (SSSR count). The molecule has 3 N–H and O–H groups in total. The van der Waals surface area contributed by atoms with Gasteiger partial charge in [-0.15, -0.1) is 5.10 Å². The minimum Gasteiger partial charge on any atom is -0.341 e. The number of anilines is 1. The van der Waals surface area contributed by atoms with Crippen LogP contribution < -0.4 is 16.0 Å². The quantitative estimate of drug-likeness (QED) is 0.661. The maximum atomic E-state index is 11.9. The van der Waals surface area contributed by atoms with E-state index >= 15 is 0 Å². The molecule has 132 valence electrons. The molecule has 0 saturated heterocycles. The molecule has 10 nitrogen and oxygen atoms in total. The lowest BCUT2D eigenvalue weighted by molar-refractivity contribution is -0.119. The topological polar surface area (TPSA) is 131 Å². The molecule has 0 unspecified atom stereocenters. The van der Waals surface area contributed by atoms with Crippen LogP contribution in [0.3, 0.4) is 0 Å². The largest absolute Gasteiger partial charge is 0.341 e. The summed E-state index contributed by atoms with van der Waals surface area (Å²) in [6, 6.07) is 6.37. The van der Waals surface area contributed by atoms with Gasteiger partial charge in [-0.3, -0.25) is 14.9 Å². The Morgan fingerprint density at radius 1 is 1.28 bits per heavy atom. The van der Waals surface area contributed by atoms with Crippen molar-refractivity contribution in [2.24, 2.45) is 0 Å². The molecule has 1 aromatic heterocycles. The van der Waals surface area contributed by atoms with Gasteiger partial charge < -0.3 is 10.6 Å². The average Bonchev–Trinajstić information content (AvgIpc) is 3.02. The Hall–Kier alpha value is -2.95. The van der Waals surface area contributed by atoms with Crippen molar-refractivity contribution < 1.29 is 14.4 Å². The van der Waals surface area contributed by atoms with Crippen molar-refractivity contribution in [3.8, 4) is 5.69 Å². The number of tetrazole rings is 1. The number of aromatic nitrogens is 4. The van der Waals surface area contributed by atoms with Crippen LogP contribution in [0.5, 0.6) is 0 Å². The number of nitrogens with one attached hydrogen (secondary N) is 3. The molecule has 0 saturated carbocycles. The number of amides is 4. The molecule has 11 heteroatoms. The van der Waals surface area contributed by atoms with E-state index < -0.39 is 17.2 Å². The van der Waals surface area contributed by atoms with Crippen LogP contribution in [0.25, 0.3) is 5.69 Å². The second-order valence-electron chi connectivity index (χ2n) is 4.93. The number of carbonyl (C=O) groups excluding carboxylic acids is 3. The van der Waals surface area contributed by atoms with Crippen molar-refractivity contribution in [3.05, 3.63) is 24.3 Å². The molecule has 0 spiro atoms. The van der Waals surface area contributed by atoms with E-state index in [0.717, 1.165) is 11.8 Å². The van der Waals surface area contributed by atoms with E-state index in [9.17, 15) is 14.4 Å². The first-order chi connectivity index (χ1) is 11.9. The Balaban J connectivity index is 2.16. The summed E-state index contributed by atoms with van der Waals surface area (Å²) in [6.07, 6.45) is 0. The zero-order valence-corrected chi connectivity index (χ0v) is 14.6. The van der Waals surface area contributed by atoms with Gasteiger partial charge in [0, 0.05) is 19.7 Å². The summed E-state index contributed by atoms with van der Waals surface area (Å²) >= 11 is 1.10. The van der Waals surface area contributed by atoms with Crippen LogP contribution in [0, 0.1) is 0 Å². The molecule has 1 aromatic carbocycles. The summed E-state index contributed by atoms with van der Waals surface area (Å²) in [4.78, 5) is 34.3. The van der Waals surface area contributed by atoms with Crippen molar-refractivity contribution >= 4 is 35.3 Å². The van der Waals surface area contributed by atoms with Gasteiger partial charge in [0.25, 0.3) is 0 Å². The third kappa shape index (κ3) is 5.01. The lowest BCUT2D eigenvalue weighted by Crippen LogP contribution is -2.41. The molecule has 4 amide bonds. The summed E-state index contributed by atoms with van der Waals surface area (Å²) < 4.78 is 1.44. The molecule has 0 fully saturated rings. The third-order valence-corrected chi connectivity index (χ3v) is 4.00. The fourth-order valence-electron chi connectivity index (χ4n) is 1.82. The highest BCUT2D eigenvalue weighted by molar-refractivity contribution is 8.00. The maximum absolute atomic E-state index is 11.9. The van der Waals surface area contributed by atoms with Gasteiger partial charge in [-0.2, -0.15) is 4.68 Å². The SMILES string of the molecule is CNC(=O)NC(=O)[C@@H](C)Sc1nnnn1-c1cccc(NC(C)=O)c1. The molecule has 25 heavy (non-hydrogen) atoms. The number of thioether (sulfide) groups is 1. The molecule has 0 aliphatic rings. The van der Waals surface area contributed by atoms with E-state index in [1.54, 1.807) is 31.2 Å². The van der Waals surface area contributed by atoms with Gasteiger partial charge in [-0.25, -0.2) is 4.79 Å². The first kappa shape index (κ1) is 18.4. The number of urea groups is 1. The van der Waals surface area contributed by atoms with Gasteiger partial charge >= 0.3 is 6.03 Å². The predicted octanol–water partition coefficient (Wildman–Crippen LogP) is 0.557. The molecule has 0 radical (unpaired) electrons. The maximum Gasteiger partial charge on any atom is 0.321 e. The van der Waals surface area contributed by atoms with Gasteiger partial charge in [0.2, 0.25) is 17.0 Å². The lowest BCUT2D eigenvalue weighted by atomic mass is 10.3. The molecule has 1 heterocycles. The monoisotopic (exact) mass is 363 g/mol. The van der Waals surface area contributed by atoms with Crippen LogP contribution in [0.4, 0.5) is 10.5 Å². The molecule has 0 aliphatic carbocycles. The highest BCUT2D eigenvalue weighted by atomic mass is 32.2. The minimum atomic E-state index is -0.597. The first-order valence-corrected chi connectivity index (χ1v) is 8.14. The van der Waals surface area contributed by atoms with Crippen molar-refractivity contribution in [2.45, 2.75) is 24.3 Å². The number of hydrogen-bond acceptors (Lipinski definition) is 7. The third-order valence-electron chi connectivity index (χ3n) is 2.97. The fraction of sp³-hybridized carbons (Fsp3) is 0.286. The summed E-state index contributed by atoms with van der Waals surface area (Å²) in [5.74, 6) is -0.658. The van der Waals surface area contributed by atoms with E-state index in [2.05, 4.69) is 31.5 Å². The lowest BCUT2D eigenvalue weighted by Gasteiger charge is -2.11. The Morgan fingerprint density at radius 3 is 2.72 bits per heavy atom. The Labute approximate surface area is 147 Å². The van der Waals surface area contributed by atoms with Crippen molar-refractivity contribution in [3.63, 3.8) is 0 Å². The van der Waals surface area contributed by atoms with Crippen LogP contribution in [0.1, 0.15) is 13.8 Å². The van der Waals surface area contributed by atoms with E-state index in [4.69, 9.17) is 0 Å². The van der Waals surface area contributed by atoms with E-state index in [-0.39, 0.29) is 5.91 Å². The predicted molar refractivity (Wildman–Crippen MR) is 91.4 cm³/mol. The van der Waals surface area contributed by atoms with E-state index in [1.807, 2.05) is 0 Å². The number of carbonyl (C=O) groups is 3. The molecule has 2 aromatic rings. The number of rotatable bonds is 5. The summed E-state index contributed by atoms with van der Waals surface area (Å²) in [5, 5.41) is 18.4. The van der Waals surface area contributed by atoms with Gasteiger partial charge in [0.05, 0.1) is 10.9 Å². The second-order valence-corrected chi connectivity index (χ2v) is 6.24. The summed E-state index contributed by atoms with van der Waals surface area (Å²) in [6.45, 7) is 3.05. The second kappa shape index (κ2) is 8.24. The Morgan fingerprint density at radius 2 is 2.04 bits per heavy atom. The molecule has 0 aliphatic heterocycles. The number of imide groups is 1. The van der Waals surface area contributed by atoms with Gasteiger partial charge in [0.15, 0.2) is 0 Å². The van der Waals surface area contributed by atoms with Gasteiger partial charge in [-0.05, 0) is 35.5 Å². The molecule has 0 bridgehead atoms. The Bertz CT molecular complexity index is 792. The van der Waals surface area contributed by atoms with Gasteiger partial charge in [-0.1, -0.05) is 17.8 Å². The summed E-state index contributed by atoms with van der Waals surface area (Å²) in [7, 11) is 1.42. The number of hydrogen-bond donors (Lipinski definition) is 3. The highest BCUT2D eigenvalue weighted by Gasteiger charge is 2.20. The number of nitrogens with zero attached hydrogens (tertiary/aromatic N) is 4. The van der Waals surface area contributed by atoms with Crippen LogP contribution in [0.15, 0.2) is 29.4 Å². The Kier molecular flexibility index (Phi) is 6.06. The standard InChI is InChI=1S/C14H17N7O3S/c1-8(12(23)17-13(24)15-3)25-14-18-19-20-21(14)11-6-4-5-10(7-11)16-9(2)22/h4-8H,1-3H3,(H,16,22)(H2,15,17,23,24)/t8-/m1/s1. The van der Waals surface area contributed by atoms with Crippen molar-refractivity contribution in [1.29, 1.82) is 0 Å². The highest BCUT2D eigenvalue weighted by Crippen LogP contribution is 2.24. The number of benzene rings is 1. The zero-order chi connectivity index (χ0) is 18.4. The van der Waals surface area contributed by atoms with E-state index in [0.29, 0.717) is 16.5 Å². The zero-order valence-electron chi connectivity index (χ0n) is 13.8. The van der Waals surface area contributed by atoms with E-state index in [1.165, 1.54) is 18.7 Å².